The van der Waals surface area contributed by atoms with Gasteiger partial charge in [-0.05, 0) is 27.6 Å². The van der Waals surface area contributed by atoms with E-state index in [0.717, 1.165) is 32.4 Å². The first-order valence-electron chi connectivity index (χ1n) is 5.56. The number of carbonyl (C=O) groups is 1. The molecule has 0 rings (SSSR count). The van der Waals surface area contributed by atoms with Crippen LogP contribution in [0.4, 0.5) is 0 Å². The van der Waals surface area contributed by atoms with Crippen molar-refractivity contribution in [3.05, 3.63) is 0 Å². The lowest BCUT2D eigenvalue weighted by atomic mass is 10.1. The van der Waals surface area contributed by atoms with Gasteiger partial charge in [-0.1, -0.05) is 19.8 Å². The molecule has 90 valence electrons. The van der Waals surface area contributed by atoms with E-state index in [1.165, 1.54) is 0 Å². The molecule has 0 radical (unpaired) electrons. The quantitative estimate of drug-likeness (QED) is 0.660. The third kappa shape index (κ3) is 6.47. The maximum Gasteiger partial charge on any atom is 0.320 e. The van der Waals surface area contributed by atoms with Crippen LogP contribution in [0.5, 0.6) is 0 Å². The SMILES string of the molecule is CCCCC(C(=O)O)N(C)CCN(C)C. The largest absolute Gasteiger partial charge is 0.480 e. The molecular formula is C11H24N2O2. The molecule has 0 fully saturated rings. The highest BCUT2D eigenvalue weighted by Crippen LogP contribution is 2.07. The second-order valence-electron chi connectivity index (χ2n) is 4.28. The molecule has 0 aliphatic rings. The van der Waals surface area contributed by atoms with Crippen LogP contribution in [0, 0.1) is 0 Å². The number of hydrogen-bond acceptors (Lipinski definition) is 3. The maximum absolute atomic E-state index is 11.0. The summed E-state index contributed by atoms with van der Waals surface area (Å²) in [7, 11) is 5.88. The smallest absolute Gasteiger partial charge is 0.320 e. The molecule has 1 N–H and O–H groups in total. The zero-order valence-corrected chi connectivity index (χ0v) is 10.4. The lowest BCUT2D eigenvalue weighted by Crippen LogP contribution is -2.41. The van der Waals surface area contributed by atoms with Gasteiger partial charge in [0, 0.05) is 13.1 Å². The van der Waals surface area contributed by atoms with Gasteiger partial charge in [-0.25, -0.2) is 0 Å². The lowest BCUT2D eigenvalue weighted by Gasteiger charge is -2.25. The Morgan fingerprint density at radius 3 is 2.27 bits per heavy atom. The van der Waals surface area contributed by atoms with Gasteiger partial charge in [-0.15, -0.1) is 0 Å². The van der Waals surface area contributed by atoms with Gasteiger partial charge in [0.2, 0.25) is 0 Å². The molecule has 0 bridgehead atoms. The molecule has 1 atom stereocenters. The van der Waals surface area contributed by atoms with Crippen molar-refractivity contribution < 1.29 is 9.90 Å². The second kappa shape index (κ2) is 7.65. The van der Waals surface area contributed by atoms with E-state index in [-0.39, 0.29) is 6.04 Å². The molecule has 0 aliphatic carbocycles. The topological polar surface area (TPSA) is 43.8 Å². The van der Waals surface area contributed by atoms with Crippen molar-refractivity contribution in [2.75, 3.05) is 34.2 Å². The summed E-state index contributed by atoms with van der Waals surface area (Å²) in [6.45, 7) is 3.78. The average Bonchev–Trinajstić information content (AvgIpc) is 2.14. The normalized spacial score (nSPS) is 13.5. The lowest BCUT2D eigenvalue weighted by molar-refractivity contribution is -0.143. The number of carboxylic acids is 1. The molecule has 15 heavy (non-hydrogen) atoms. The Morgan fingerprint density at radius 1 is 1.27 bits per heavy atom. The Labute approximate surface area is 92.9 Å². The Hall–Kier alpha value is -0.610. The third-order valence-electron chi connectivity index (χ3n) is 2.55. The number of aliphatic carboxylic acids is 1. The fraction of sp³-hybridized carbons (Fsp3) is 0.909. The fourth-order valence-electron chi connectivity index (χ4n) is 1.44. The number of unbranched alkanes of at least 4 members (excludes halogenated alkanes) is 1. The van der Waals surface area contributed by atoms with Crippen LogP contribution in [-0.4, -0.2) is 61.2 Å². The van der Waals surface area contributed by atoms with Gasteiger partial charge in [0.25, 0.3) is 0 Å². The van der Waals surface area contributed by atoms with Crippen LogP contribution in [0.1, 0.15) is 26.2 Å². The van der Waals surface area contributed by atoms with Crippen molar-refractivity contribution in [1.82, 2.24) is 9.80 Å². The molecule has 0 aromatic carbocycles. The minimum absolute atomic E-state index is 0.329. The monoisotopic (exact) mass is 216 g/mol. The highest BCUT2D eigenvalue weighted by molar-refractivity contribution is 5.73. The van der Waals surface area contributed by atoms with E-state index in [2.05, 4.69) is 11.8 Å². The second-order valence-corrected chi connectivity index (χ2v) is 4.28. The molecule has 0 aromatic rings. The van der Waals surface area contributed by atoms with Gasteiger partial charge in [-0.2, -0.15) is 0 Å². The number of rotatable bonds is 8. The molecule has 4 heteroatoms. The number of carboxylic acid groups (broad SMARTS) is 1. The Morgan fingerprint density at radius 2 is 1.87 bits per heavy atom. The van der Waals surface area contributed by atoms with E-state index in [0.29, 0.717) is 0 Å². The van der Waals surface area contributed by atoms with E-state index in [1.54, 1.807) is 0 Å². The molecule has 0 spiro atoms. The summed E-state index contributed by atoms with van der Waals surface area (Å²) >= 11 is 0. The third-order valence-corrected chi connectivity index (χ3v) is 2.55. The summed E-state index contributed by atoms with van der Waals surface area (Å²) < 4.78 is 0. The van der Waals surface area contributed by atoms with Crippen molar-refractivity contribution in [1.29, 1.82) is 0 Å². The highest BCUT2D eigenvalue weighted by Gasteiger charge is 2.21. The van der Waals surface area contributed by atoms with Crippen LogP contribution in [0.2, 0.25) is 0 Å². The van der Waals surface area contributed by atoms with Crippen molar-refractivity contribution >= 4 is 5.97 Å². The van der Waals surface area contributed by atoms with E-state index in [1.807, 2.05) is 26.0 Å². The summed E-state index contributed by atoms with van der Waals surface area (Å²) in [5, 5.41) is 9.08. The van der Waals surface area contributed by atoms with Crippen molar-refractivity contribution in [3.8, 4) is 0 Å². The van der Waals surface area contributed by atoms with E-state index in [9.17, 15) is 4.79 Å². The minimum Gasteiger partial charge on any atom is -0.480 e. The van der Waals surface area contributed by atoms with Gasteiger partial charge in [0.05, 0.1) is 0 Å². The molecule has 1 unspecified atom stereocenters. The highest BCUT2D eigenvalue weighted by atomic mass is 16.4. The van der Waals surface area contributed by atoms with Crippen molar-refractivity contribution in [2.45, 2.75) is 32.2 Å². The van der Waals surface area contributed by atoms with Crippen LogP contribution < -0.4 is 0 Å². The van der Waals surface area contributed by atoms with Crippen molar-refractivity contribution in [3.63, 3.8) is 0 Å². The molecule has 0 heterocycles. The summed E-state index contributed by atoms with van der Waals surface area (Å²) in [4.78, 5) is 15.0. The van der Waals surface area contributed by atoms with Crippen LogP contribution >= 0.6 is 0 Å². The number of likely N-dealkylation sites (N-methyl/N-ethyl adjacent to an activating group) is 2. The van der Waals surface area contributed by atoms with Crippen LogP contribution in [0.15, 0.2) is 0 Å². The van der Waals surface area contributed by atoms with Gasteiger partial charge < -0.3 is 10.0 Å². The van der Waals surface area contributed by atoms with Crippen LogP contribution in [-0.2, 0) is 4.79 Å². The summed E-state index contributed by atoms with van der Waals surface area (Å²) in [5.74, 6) is -0.704. The standard InChI is InChI=1S/C11H24N2O2/c1-5-6-7-10(11(14)15)13(4)9-8-12(2)3/h10H,5-9H2,1-4H3,(H,14,15). The van der Waals surface area contributed by atoms with Gasteiger partial charge in [-0.3, -0.25) is 9.69 Å². The first-order valence-corrected chi connectivity index (χ1v) is 5.56. The van der Waals surface area contributed by atoms with E-state index >= 15 is 0 Å². The average molecular weight is 216 g/mol. The molecule has 0 saturated heterocycles. The Balaban J connectivity index is 4.04. The zero-order chi connectivity index (χ0) is 11.8. The van der Waals surface area contributed by atoms with Gasteiger partial charge >= 0.3 is 5.97 Å². The van der Waals surface area contributed by atoms with Gasteiger partial charge in [0.1, 0.15) is 6.04 Å². The first-order chi connectivity index (χ1) is 6.99. The first kappa shape index (κ1) is 14.4. The summed E-state index contributed by atoms with van der Waals surface area (Å²) in [6, 6.07) is -0.329. The zero-order valence-electron chi connectivity index (χ0n) is 10.4. The number of hydrogen-bond donors (Lipinski definition) is 1. The molecular weight excluding hydrogens is 192 g/mol. The maximum atomic E-state index is 11.0. The molecule has 0 aliphatic heterocycles. The molecule has 0 saturated carbocycles. The van der Waals surface area contributed by atoms with Crippen LogP contribution in [0.25, 0.3) is 0 Å². The van der Waals surface area contributed by atoms with Crippen molar-refractivity contribution in [2.24, 2.45) is 0 Å². The summed E-state index contributed by atoms with van der Waals surface area (Å²) in [6.07, 6.45) is 2.77. The van der Waals surface area contributed by atoms with E-state index in [4.69, 9.17) is 5.11 Å². The predicted molar refractivity (Wildman–Crippen MR) is 62.1 cm³/mol. The van der Waals surface area contributed by atoms with Gasteiger partial charge in [0.15, 0.2) is 0 Å². The molecule has 4 nitrogen and oxygen atoms in total. The van der Waals surface area contributed by atoms with Crippen LogP contribution in [0.3, 0.4) is 0 Å². The fourth-order valence-corrected chi connectivity index (χ4v) is 1.44. The Kier molecular flexibility index (Phi) is 7.34. The molecule has 0 aromatic heterocycles. The summed E-state index contributed by atoms with van der Waals surface area (Å²) in [5.41, 5.74) is 0. The molecule has 0 amide bonds. The predicted octanol–water partition coefficient (Wildman–Crippen LogP) is 1.12. The minimum atomic E-state index is -0.704. The number of nitrogens with zero attached hydrogens (tertiary/aromatic N) is 2. The van der Waals surface area contributed by atoms with E-state index < -0.39 is 5.97 Å². The Bertz CT molecular complexity index is 183.